The highest BCUT2D eigenvalue weighted by Crippen LogP contribution is 2.32. The molecule has 1 amide bonds. The molecule has 0 radical (unpaired) electrons. The minimum Gasteiger partial charge on any atom is -0.382 e. The number of likely N-dealkylation sites (tertiary alicyclic amines) is 1. The van der Waals surface area contributed by atoms with Gasteiger partial charge in [-0.15, -0.1) is 0 Å². The van der Waals surface area contributed by atoms with Crippen molar-refractivity contribution in [1.29, 1.82) is 0 Å². The van der Waals surface area contributed by atoms with E-state index in [-0.39, 0.29) is 12.3 Å². The number of amides is 1. The quantitative estimate of drug-likeness (QED) is 0.319. The fourth-order valence-corrected chi connectivity index (χ4v) is 4.54. The Morgan fingerprint density at radius 3 is 2.79 bits per heavy atom. The summed E-state index contributed by atoms with van der Waals surface area (Å²) in [6.45, 7) is 1.52. The largest absolute Gasteiger partial charge is 0.382 e. The highest BCUT2D eigenvalue weighted by atomic mass is 16.2. The molecule has 2 N–H and O–H groups in total. The van der Waals surface area contributed by atoms with Crippen LogP contribution in [0.5, 0.6) is 0 Å². The SMILES string of the molecule is Nc1nc2cc(-c3cccnc3)ccc2c2c1nc(CN1CCCC1=O)n2CCCC(=O)C=O. The van der Waals surface area contributed by atoms with Crippen LogP contribution in [0, 0.1) is 0 Å². The number of Topliss-reactive ketones (excluding diaryl/α,β-unsaturated/α-hetero) is 1. The van der Waals surface area contributed by atoms with Crippen molar-refractivity contribution < 1.29 is 14.4 Å². The van der Waals surface area contributed by atoms with Gasteiger partial charge in [-0.1, -0.05) is 18.2 Å². The van der Waals surface area contributed by atoms with E-state index >= 15 is 0 Å². The molecule has 0 aliphatic carbocycles. The molecule has 0 bridgehead atoms. The van der Waals surface area contributed by atoms with Crippen molar-refractivity contribution in [2.75, 3.05) is 12.3 Å². The van der Waals surface area contributed by atoms with Crippen LogP contribution in [-0.4, -0.2) is 48.9 Å². The minimum atomic E-state index is -0.437. The summed E-state index contributed by atoms with van der Waals surface area (Å²) in [6, 6.07) is 9.83. The van der Waals surface area contributed by atoms with Gasteiger partial charge in [-0.05, 0) is 30.5 Å². The van der Waals surface area contributed by atoms with Gasteiger partial charge in [0.1, 0.15) is 11.3 Å². The maximum Gasteiger partial charge on any atom is 0.223 e. The highest BCUT2D eigenvalue weighted by molar-refractivity contribution is 6.24. The van der Waals surface area contributed by atoms with E-state index in [9.17, 15) is 14.4 Å². The molecule has 9 heteroatoms. The molecule has 0 unspecified atom stereocenters. The molecule has 4 heterocycles. The summed E-state index contributed by atoms with van der Waals surface area (Å²) in [4.78, 5) is 50.0. The first-order valence-electron chi connectivity index (χ1n) is 11.3. The third-order valence-electron chi connectivity index (χ3n) is 6.22. The molecule has 4 aromatic rings. The van der Waals surface area contributed by atoms with Crippen molar-refractivity contribution in [2.24, 2.45) is 0 Å². The Morgan fingerprint density at radius 2 is 2.06 bits per heavy atom. The molecule has 3 aromatic heterocycles. The van der Waals surface area contributed by atoms with E-state index in [2.05, 4.69) is 9.97 Å². The molecule has 1 aliphatic heterocycles. The van der Waals surface area contributed by atoms with Gasteiger partial charge in [-0.3, -0.25) is 19.4 Å². The maximum atomic E-state index is 12.3. The third kappa shape index (κ3) is 4.00. The zero-order chi connectivity index (χ0) is 23.7. The number of aryl methyl sites for hydroxylation is 1. The zero-order valence-electron chi connectivity index (χ0n) is 18.6. The first kappa shape index (κ1) is 21.7. The number of imidazole rings is 1. The van der Waals surface area contributed by atoms with Crippen molar-refractivity contribution >= 4 is 45.7 Å². The number of ketones is 1. The maximum absolute atomic E-state index is 12.3. The Hall–Kier alpha value is -4.14. The fourth-order valence-electron chi connectivity index (χ4n) is 4.54. The van der Waals surface area contributed by atoms with Crippen LogP contribution in [0.4, 0.5) is 5.82 Å². The number of carbonyl (C=O) groups is 3. The summed E-state index contributed by atoms with van der Waals surface area (Å²) >= 11 is 0. The van der Waals surface area contributed by atoms with E-state index in [0.717, 1.165) is 34.0 Å². The highest BCUT2D eigenvalue weighted by Gasteiger charge is 2.24. The van der Waals surface area contributed by atoms with Crippen LogP contribution in [-0.2, 0) is 27.5 Å². The number of aldehydes is 1. The lowest BCUT2D eigenvalue weighted by Crippen LogP contribution is -2.26. The molecule has 1 aliphatic rings. The number of pyridine rings is 2. The van der Waals surface area contributed by atoms with Gasteiger partial charge in [0.25, 0.3) is 0 Å². The zero-order valence-corrected chi connectivity index (χ0v) is 18.6. The minimum absolute atomic E-state index is 0.104. The summed E-state index contributed by atoms with van der Waals surface area (Å²) in [5, 5.41) is 0.880. The van der Waals surface area contributed by atoms with Gasteiger partial charge in [0, 0.05) is 49.3 Å². The standard InChI is InChI=1S/C25H24N6O3/c26-25-23-24(19-8-7-16(12-20(19)28-25)17-4-1-9-27-13-17)31(11-2-5-18(33)15-32)21(29-23)14-30-10-3-6-22(30)34/h1,4,7-9,12-13,15H,2-3,5-6,10-11,14H2,(H2,26,28). The Morgan fingerprint density at radius 1 is 1.18 bits per heavy atom. The van der Waals surface area contributed by atoms with Crippen LogP contribution in [0.15, 0.2) is 42.7 Å². The second-order valence-corrected chi connectivity index (χ2v) is 8.45. The molecular formula is C25H24N6O3. The molecule has 9 nitrogen and oxygen atoms in total. The lowest BCUT2D eigenvalue weighted by molar-refractivity contribution is -0.129. The summed E-state index contributed by atoms with van der Waals surface area (Å²) in [5.74, 6) is 0.670. The molecule has 1 saturated heterocycles. The lowest BCUT2D eigenvalue weighted by atomic mass is 10.0. The molecule has 1 aromatic carbocycles. The number of rotatable bonds is 8. The number of aromatic nitrogens is 4. The Kier molecular flexibility index (Phi) is 5.75. The number of fused-ring (bicyclic) bond motifs is 3. The Balaban J connectivity index is 1.63. The smallest absolute Gasteiger partial charge is 0.223 e. The van der Waals surface area contributed by atoms with Crippen LogP contribution < -0.4 is 5.73 Å². The Labute approximate surface area is 195 Å². The number of nitrogens with zero attached hydrogens (tertiary/aromatic N) is 5. The van der Waals surface area contributed by atoms with Gasteiger partial charge in [-0.25, -0.2) is 9.97 Å². The second kappa shape index (κ2) is 9.01. The molecular weight excluding hydrogens is 432 g/mol. The number of carbonyl (C=O) groups excluding carboxylic acids is 3. The van der Waals surface area contributed by atoms with Gasteiger partial charge in [0.2, 0.25) is 5.91 Å². The van der Waals surface area contributed by atoms with Gasteiger partial charge in [0.05, 0.1) is 17.6 Å². The van der Waals surface area contributed by atoms with E-state index in [1.165, 1.54) is 0 Å². The number of nitrogen functional groups attached to an aromatic ring is 1. The van der Waals surface area contributed by atoms with Crippen molar-refractivity contribution in [3.8, 4) is 11.1 Å². The van der Waals surface area contributed by atoms with Crippen LogP contribution in [0.3, 0.4) is 0 Å². The molecule has 1 fully saturated rings. The van der Waals surface area contributed by atoms with Crippen molar-refractivity contribution in [2.45, 2.75) is 38.8 Å². The number of hydrogen-bond donors (Lipinski definition) is 1. The third-order valence-corrected chi connectivity index (χ3v) is 6.22. The average Bonchev–Trinajstić information content (AvgIpc) is 3.43. The van der Waals surface area contributed by atoms with Gasteiger partial charge < -0.3 is 15.2 Å². The fraction of sp³-hybridized carbons (Fsp3) is 0.280. The first-order chi connectivity index (χ1) is 16.5. The monoisotopic (exact) mass is 456 g/mol. The van der Waals surface area contributed by atoms with Gasteiger partial charge >= 0.3 is 0 Å². The van der Waals surface area contributed by atoms with E-state index in [1.807, 2.05) is 34.9 Å². The van der Waals surface area contributed by atoms with Gasteiger partial charge in [0.15, 0.2) is 17.9 Å². The second-order valence-electron chi connectivity index (χ2n) is 8.45. The lowest BCUT2D eigenvalue weighted by Gasteiger charge is -2.17. The van der Waals surface area contributed by atoms with Gasteiger partial charge in [-0.2, -0.15) is 0 Å². The van der Waals surface area contributed by atoms with Crippen molar-refractivity contribution in [3.05, 3.63) is 48.5 Å². The van der Waals surface area contributed by atoms with E-state index in [0.29, 0.717) is 55.9 Å². The first-order valence-corrected chi connectivity index (χ1v) is 11.3. The molecule has 5 rings (SSSR count). The molecule has 0 atom stereocenters. The summed E-state index contributed by atoms with van der Waals surface area (Å²) in [6.07, 6.45) is 5.87. The predicted molar refractivity (Wildman–Crippen MR) is 128 cm³/mol. The predicted octanol–water partition coefficient (Wildman–Crippen LogP) is 2.90. The van der Waals surface area contributed by atoms with Crippen LogP contribution in [0.2, 0.25) is 0 Å². The van der Waals surface area contributed by atoms with E-state index in [1.54, 1.807) is 17.3 Å². The summed E-state index contributed by atoms with van der Waals surface area (Å²) < 4.78 is 2.02. The number of anilines is 1. The van der Waals surface area contributed by atoms with Crippen molar-refractivity contribution in [3.63, 3.8) is 0 Å². The Bertz CT molecular complexity index is 1410. The average molecular weight is 457 g/mol. The van der Waals surface area contributed by atoms with Crippen LogP contribution >= 0.6 is 0 Å². The van der Waals surface area contributed by atoms with Crippen LogP contribution in [0.25, 0.3) is 33.1 Å². The molecule has 0 spiro atoms. The number of nitrogens with two attached hydrogens (primary N) is 1. The summed E-state index contributed by atoms with van der Waals surface area (Å²) in [5.41, 5.74) is 10.4. The van der Waals surface area contributed by atoms with Crippen molar-refractivity contribution in [1.82, 2.24) is 24.4 Å². The topological polar surface area (TPSA) is 124 Å². The van der Waals surface area contributed by atoms with E-state index in [4.69, 9.17) is 10.7 Å². The number of hydrogen-bond acceptors (Lipinski definition) is 7. The van der Waals surface area contributed by atoms with Crippen LogP contribution in [0.1, 0.15) is 31.5 Å². The molecule has 34 heavy (non-hydrogen) atoms. The molecule has 172 valence electrons. The number of benzene rings is 1. The molecule has 0 saturated carbocycles. The summed E-state index contributed by atoms with van der Waals surface area (Å²) in [7, 11) is 0. The van der Waals surface area contributed by atoms with E-state index < -0.39 is 5.78 Å². The normalized spacial score (nSPS) is 13.8.